The van der Waals surface area contributed by atoms with Crippen molar-refractivity contribution in [2.24, 2.45) is 0 Å². The monoisotopic (exact) mass is 319 g/mol. The van der Waals surface area contributed by atoms with Crippen LogP contribution in [0.5, 0.6) is 0 Å². The summed E-state index contributed by atoms with van der Waals surface area (Å²) < 4.78 is 5.07. The van der Waals surface area contributed by atoms with Gasteiger partial charge in [0.15, 0.2) is 0 Å². The maximum atomic E-state index is 11.5. The lowest BCUT2D eigenvalue weighted by atomic mass is 10.1. The fourth-order valence-corrected chi connectivity index (χ4v) is 2.61. The summed E-state index contributed by atoms with van der Waals surface area (Å²) >= 11 is 0. The number of unbranched alkanes of at least 4 members (excludes halogenated alkanes) is 1. The zero-order chi connectivity index (χ0) is 16.5. The highest BCUT2D eigenvalue weighted by molar-refractivity contribution is 5.67. The Hall–Kier alpha value is -1.75. The van der Waals surface area contributed by atoms with Gasteiger partial charge < -0.3 is 19.9 Å². The van der Waals surface area contributed by atoms with Crippen molar-refractivity contribution < 1.29 is 9.53 Å². The van der Waals surface area contributed by atoms with Crippen molar-refractivity contribution in [3.63, 3.8) is 0 Å². The lowest BCUT2D eigenvalue weighted by Crippen LogP contribution is -2.44. The minimum Gasteiger partial charge on any atom is -0.450 e. The second-order valence-corrected chi connectivity index (χ2v) is 6.12. The first-order valence-corrected chi connectivity index (χ1v) is 8.62. The van der Waals surface area contributed by atoms with Crippen LogP contribution >= 0.6 is 0 Å². The lowest BCUT2D eigenvalue weighted by molar-refractivity contribution is 0.144. The molecule has 0 aliphatic carbocycles. The lowest BCUT2D eigenvalue weighted by Gasteiger charge is -2.34. The van der Waals surface area contributed by atoms with Gasteiger partial charge in [-0.3, -0.25) is 0 Å². The fraction of sp³-hybridized carbons (Fsp3) is 0.611. The second-order valence-electron chi connectivity index (χ2n) is 6.12. The standard InChI is InChI=1S/C18H29N3O2/c1-3-4-15-23-18(22)19-10-9-16-5-7-17(8-6-16)21-13-11-20(2)12-14-21/h5-8H,3-4,9-15H2,1-2H3,(H,19,22). The molecule has 2 rings (SSSR count). The molecule has 5 heteroatoms. The molecule has 0 atom stereocenters. The normalized spacial score (nSPS) is 15.5. The van der Waals surface area contributed by atoms with Gasteiger partial charge in [0.2, 0.25) is 0 Å². The molecule has 1 N–H and O–H groups in total. The molecule has 128 valence electrons. The molecule has 1 aliphatic heterocycles. The van der Waals surface area contributed by atoms with Crippen molar-refractivity contribution in [2.45, 2.75) is 26.2 Å². The maximum Gasteiger partial charge on any atom is 0.407 e. The van der Waals surface area contributed by atoms with Gasteiger partial charge >= 0.3 is 6.09 Å². The topological polar surface area (TPSA) is 44.8 Å². The van der Waals surface area contributed by atoms with E-state index < -0.39 is 0 Å². The van der Waals surface area contributed by atoms with Crippen molar-refractivity contribution in [3.8, 4) is 0 Å². The molecule has 1 fully saturated rings. The van der Waals surface area contributed by atoms with Crippen LogP contribution in [0.1, 0.15) is 25.3 Å². The van der Waals surface area contributed by atoms with Gasteiger partial charge in [-0.1, -0.05) is 25.5 Å². The quantitative estimate of drug-likeness (QED) is 0.784. The number of carbonyl (C=O) groups excluding carboxylic acids is 1. The number of nitrogens with one attached hydrogen (secondary N) is 1. The summed E-state index contributed by atoms with van der Waals surface area (Å²) in [6, 6.07) is 8.66. The Kier molecular flexibility index (Phi) is 7.20. The number of likely N-dealkylation sites (N-methyl/N-ethyl adjacent to an activating group) is 1. The summed E-state index contributed by atoms with van der Waals surface area (Å²) in [5.74, 6) is 0. The molecule has 0 bridgehead atoms. The number of amides is 1. The van der Waals surface area contributed by atoms with Gasteiger partial charge in [0.1, 0.15) is 0 Å². The molecule has 0 unspecified atom stereocenters. The van der Waals surface area contributed by atoms with E-state index in [2.05, 4.69) is 53.4 Å². The number of hydrogen-bond donors (Lipinski definition) is 1. The molecule has 0 aromatic heterocycles. The highest BCUT2D eigenvalue weighted by atomic mass is 16.5. The van der Waals surface area contributed by atoms with E-state index in [0.29, 0.717) is 13.2 Å². The SMILES string of the molecule is CCCCOC(=O)NCCc1ccc(N2CCN(C)CC2)cc1. The molecule has 1 heterocycles. The number of benzene rings is 1. The molecule has 5 nitrogen and oxygen atoms in total. The van der Waals surface area contributed by atoms with E-state index in [1.807, 2.05) is 0 Å². The number of rotatable bonds is 7. The van der Waals surface area contributed by atoms with Gasteiger partial charge in [-0.2, -0.15) is 0 Å². The number of hydrogen-bond acceptors (Lipinski definition) is 4. The number of anilines is 1. The first-order valence-electron chi connectivity index (χ1n) is 8.62. The maximum absolute atomic E-state index is 11.5. The Labute approximate surface area is 139 Å². The number of nitrogens with zero attached hydrogens (tertiary/aromatic N) is 2. The van der Waals surface area contributed by atoms with Gasteiger partial charge in [-0.25, -0.2) is 4.79 Å². The summed E-state index contributed by atoms with van der Waals surface area (Å²) in [6.45, 7) is 7.59. The molecular formula is C18H29N3O2. The van der Waals surface area contributed by atoms with Crippen LogP contribution in [0.3, 0.4) is 0 Å². The number of carbonyl (C=O) groups is 1. The van der Waals surface area contributed by atoms with E-state index in [4.69, 9.17) is 4.74 Å². The third-order valence-corrected chi connectivity index (χ3v) is 4.22. The summed E-state index contributed by atoms with van der Waals surface area (Å²) in [4.78, 5) is 16.2. The molecule has 1 aromatic rings. The van der Waals surface area contributed by atoms with Gasteiger partial charge in [0.25, 0.3) is 0 Å². The minimum absolute atomic E-state index is 0.312. The number of alkyl carbamates (subject to hydrolysis) is 1. The van der Waals surface area contributed by atoms with Crippen LogP contribution in [-0.2, 0) is 11.2 Å². The van der Waals surface area contributed by atoms with E-state index >= 15 is 0 Å². The average Bonchev–Trinajstić information content (AvgIpc) is 2.57. The molecule has 1 saturated heterocycles. The molecule has 1 aliphatic rings. The van der Waals surface area contributed by atoms with Crippen LogP contribution in [-0.4, -0.2) is 57.4 Å². The highest BCUT2D eigenvalue weighted by Crippen LogP contribution is 2.17. The molecular weight excluding hydrogens is 290 g/mol. The van der Waals surface area contributed by atoms with E-state index in [-0.39, 0.29) is 6.09 Å². The minimum atomic E-state index is -0.312. The number of piperazine rings is 1. The van der Waals surface area contributed by atoms with Crippen LogP contribution in [0.15, 0.2) is 24.3 Å². The third kappa shape index (κ3) is 6.10. The summed E-state index contributed by atoms with van der Waals surface area (Å²) in [7, 11) is 2.17. The third-order valence-electron chi connectivity index (χ3n) is 4.22. The molecule has 1 amide bonds. The fourth-order valence-electron chi connectivity index (χ4n) is 2.61. The Balaban J connectivity index is 1.69. The van der Waals surface area contributed by atoms with Gasteiger partial charge in [-0.05, 0) is 37.6 Å². The van der Waals surface area contributed by atoms with Crippen molar-refractivity contribution in [1.29, 1.82) is 0 Å². The van der Waals surface area contributed by atoms with Crippen LogP contribution in [0, 0.1) is 0 Å². The zero-order valence-corrected chi connectivity index (χ0v) is 14.4. The van der Waals surface area contributed by atoms with Crippen LogP contribution in [0.25, 0.3) is 0 Å². The highest BCUT2D eigenvalue weighted by Gasteiger charge is 2.13. The van der Waals surface area contributed by atoms with Crippen molar-refractivity contribution >= 4 is 11.8 Å². The van der Waals surface area contributed by atoms with Crippen LogP contribution in [0.2, 0.25) is 0 Å². The first-order chi connectivity index (χ1) is 11.2. The molecule has 0 spiro atoms. The summed E-state index contributed by atoms with van der Waals surface area (Å²) in [5, 5.41) is 2.80. The number of ether oxygens (including phenoxy) is 1. The Morgan fingerprint density at radius 1 is 1.17 bits per heavy atom. The largest absolute Gasteiger partial charge is 0.450 e. The van der Waals surface area contributed by atoms with E-state index in [1.165, 1.54) is 11.3 Å². The van der Waals surface area contributed by atoms with Crippen molar-refractivity contribution in [1.82, 2.24) is 10.2 Å². The predicted octanol–water partition coefficient (Wildman–Crippen LogP) is 2.51. The van der Waals surface area contributed by atoms with Crippen molar-refractivity contribution in [3.05, 3.63) is 29.8 Å². The zero-order valence-electron chi connectivity index (χ0n) is 14.4. The van der Waals surface area contributed by atoms with Gasteiger partial charge in [-0.15, -0.1) is 0 Å². The first kappa shape index (κ1) is 17.6. The summed E-state index contributed by atoms with van der Waals surface area (Å²) in [6.07, 6.45) is 2.47. The Morgan fingerprint density at radius 3 is 2.52 bits per heavy atom. The molecule has 23 heavy (non-hydrogen) atoms. The summed E-state index contributed by atoms with van der Waals surface area (Å²) in [5.41, 5.74) is 2.52. The van der Waals surface area contributed by atoms with E-state index in [9.17, 15) is 4.79 Å². The van der Waals surface area contributed by atoms with Crippen molar-refractivity contribution in [2.75, 3.05) is 51.3 Å². The Bertz CT molecular complexity index is 468. The predicted molar refractivity (Wildman–Crippen MR) is 94.1 cm³/mol. The average molecular weight is 319 g/mol. The molecule has 0 radical (unpaired) electrons. The molecule has 0 saturated carbocycles. The second kappa shape index (κ2) is 9.40. The van der Waals surface area contributed by atoms with Gasteiger partial charge in [0.05, 0.1) is 6.61 Å². The van der Waals surface area contributed by atoms with E-state index in [0.717, 1.165) is 45.4 Å². The van der Waals surface area contributed by atoms with E-state index in [1.54, 1.807) is 0 Å². The molecule has 1 aromatic carbocycles. The smallest absolute Gasteiger partial charge is 0.407 e. The van der Waals surface area contributed by atoms with Crippen LogP contribution in [0.4, 0.5) is 10.5 Å². The Morgan fingerprint density at radius 2 is 1.87 bits per heavy atom. The van der Waals surface area contributed by atoms with Crippen LogP contribution < -0.4 is 10.2 Å². The van der Waals surface area contributed by atoms with Gasteiger partial charge in [0, 0.05) is 38.4 Å².